The molecule has 1 amide bonds. The van der Waals surface area contributed by atoms with Crippen molar-refractivity contribution in [2.24, 2.45) is 11.3 Å². The third kappa shape index (κ3) is 6.51. The van der Waals surface area contributed by atoms with Crippen LogP contribution in [0.4, 0.5) is 13.2 Å². The molecule has 0 bridgehead atoms. The summed E-state index contributed by atoms with van der Waals surface area (Å²) in [4.78, 5) is 19.5. The van der Waals surface area contributed by atoms with Gasteiger partial charge in [-0.1, -0.05) is 44.2 Å². The molecular formula is C29H35F3N4O3. The molecule has 2 N–H and O–H groups in total. The molecule has 1 fully saturated rings. The van der Waals surface area contributed by atoms with Crippen molar-refractivity contribution in [1.29, 1.82) is 0 Å². The first-order chi connectivity index (χ1) is 18.6. The Kier molecular flexibility index (Phi) is 9.09. The van der Waals surface area contributed by atoms with Crippen LogP contribution in [0.3, 0.4) is 0 Å². The first-order valence-electron chi connectivity index (χ1n) is 12.9. The molecule has 1 aliphatic rings. The van der Waals surface area contributed by atoms with Gasteiger partial charge in [0.15, 0.2) is 0 Å². The number of methoxy groups -OCH3 is 1. The molecule has 3 aromatic rings. The average molecular weight is 545 g/mol. The number of hydrogen-bond acceptors (Lipinski definition) is 5. The number of ether oxygens (including phenoxy) is 1. The number of nitrogens with one attached hydrogen (secondary N) is 1. The smallest absolute Gasteiger partial charge is 0.248 e. The molecule has 3 unspecified atom stereocenters. The molecule has 0 spiro atoms. The van der Waals surface area contributed by atoms with E-state index in [-0.39, 0.29) is 31.0 Å². The van der Waals surface area contributed by atoms with E-state index in [1.54, 1.807) is 17.9 Å². The van der Waals surface area contributed by atoms with Gasteiger partial charge in [-0.05, 0) is 23.8 Å². The fourth-order valence-electron chi connectivity index (χ4n) is 5.32. The maximum Gasteiger partial charge on any atom is 0.248 e. The van der Waals surface area contributed by atoms with Gasteiger partial charge in [-0.3, -0.25) is 4.79 Å². The van der Waals surface area contributed by atoms with Crippen LogP contribution in [-0.2, 0) is 16.1 Å². The third-order valence-electron chi connectivity index (χ3n) is 7.16. The minimum absolute atomic E-state index is 0.0183. The molecule has 0 saturated carbocycles. The fraction of sp³-hybridized carbons (Fsp3) is 0.448. The highest BCUT2D eigenvalue weighted by molar-refractivity contribution is 5.78. The van der Waals surface area contributed by atoms with Crippen LogP contribution in [0.5, 0.6) is 0 Å². The summed E-state index contributed by atoms with van der Waals surface area (Å²) in [6.07, 6.45) is 0.471. The zero-order valence-electron chi connectivity index (χ0n) is 22.4. The van der Waals surface area contributed by atoms with E-state index in [0.717, 1.165) is 23.8 Å². The number of aromatic nitrogens is 2. The largest absolute Gasteiger partial charge is 0.387 e. The first kappa shape index (κ1) is 28.8. The Labute approximate surface area is 226 Å². The monoisotopic (exact) mass is 544 g/mol. The third-order valence-corrected chi connectivity index (χ3v) is 7.16. The van der Waals surface area contributed by atoms with Crippen LogP contribution in [-0.4, -0.2) is 71.6 Å². The van der Waals surface area contributed by atoms with E-state index >= 15 is 0 Å². The number of hydrogen-bond donors (Lipinski definition) is 2. The van der Waals surface area contributed by atoms with E-state index in [2.05, 4.69) is 5.32 Å². The molecule has 7 nitrogen and oxygen atoms in total. The predicted octanol–water partition coefficient (Wildman–Crippen LogP) is 3.97. The van der Waals surface area contributed by atoms with Gasteiger partial charge in [-0.2, -0.15) is 0 Å². The molecule has 3 atom stereocenters. The SMILES string of the molecule is COCC(C)(C)C(c1nc(-c2cc(F)ccc2F)cn1Cc1ccccc1)N(CC1CNCC1F)C(=O)CO. The Balaban J connectivity index is 1.90. The maximum absolute atomic E-state index is 14.9. The van der Waals surface area contributed by atoms with E-state index in [1.807, 2.05) is 44.2 Å². The molecule has 2 aromatic carbocycles. The Morgan fingerprint density at radius 3 is 2.62 bits per heavy atom. The van der Waals surface area contributed by atoms with Gasteiger partial charge in [0.25, 0.3) is 0 Å². The fourth-order valence-corrected chi connectivity index (χ4v) is 5.32. The van der Waals surface area contributed by atoms with Crippen LogP contribution in [0.1, 0.15) is 31.3 Å². The summed E-state index contributed by atoms with van der Waals surface area (Å²) in [5, 5.41) is 13.0. The number of halogens is 3. The highest BCUT2D eigenvalue weighted by Crippen LogP contribution is 2.41. The summed E-state index contributed by atoms with van der Waals surface area (Å²) in [5.74, 6) is -1.93. The quantitative estimate of drug-likeness (QED) is 0.382. The van der Waals surface area contributed by atoms with Crippen molar-refractivity contribution in [2.45, 2.75) is 32.6 Å². The van der Waals surface area contributed by atoms with Gasteiger partial charge in [0, 0.05) is 56.4 Å². The number of aliphatic hydroxyl groups excluding tert-OH is 1. The summed E-state index contributed by atoms with van der Waals surface area (Å²) in [5.41, 5.74) is 0.331. The van der Waals surface area contributed by atoms with Gasteiger partial charge in [-0.25, -0.2) is 18.2 Å². The van der Waals surface area contributed by atoms with Crippen molar-refractivity contribution in [3.8, 4) is 11.3 Å². The van der Waals surface area contributed by atoms with E-state index in [9.17, 15) is 23.1 Å². The summed E-state index contributed by atoms with van der Waals surface area (Å²) >= 11 is 0. The molecule has 39 heavy (non-hydrogen) atoms. The van der Waals surface area contributed by atoms with Crippen LogP contribution in [0.15, 0.2) is 54.7 Å². The number of nitrogens with zero attached hydrogens (tertiary/aromatic N) is 3. The summed E-state index contributed by atoms with van der Waals surface area (Å²) in [7, 11) is 1.54. The van der Waals surface area contributed by atoms with E-state index in [0.29, 0.717) is 18.9 Å². The zero-order chi connectivity index (χ0) is 28.2. The lowest BCUT2D eigenvalue weighted by Crippen LogP contribution is -2.49. The van der Waals surface area contributed by atoms with Crippen LogP contribution >= 0.6 is 0 Å². The summed E-state index contributed by atoms with van der Waals surface area (Å²) < 4.78 is 51.0. The summed E-state index contributed by atoms with van der Waals surface area (Å²) in [6.45, 7) is 4.14. The van der Waals surface area contributed by atoms with Gasteiger partial charge in [0.1, 0.15) is 30.2 Å². The van der Waals surface area contributed by atoms with Gasteiger partial charge in [0.05, 0.1) is 18.3 Å². The summed E-state index contributed by atoms with van der Waals surface area (Å²) in [6, 6.07) is 11.9. The number of carbonyl (C=O) groups is 1. The molecule has 1 aliphatic heterocycles. The number of rotatable bonds is 11. The molecule has 0 radical (unpaired) electrons. The minimum atomic E-state index is -1.16. The second-order valence-corrected chi connectivity index (χ2v) is 10.7. The van der Waals surface area contributed by atoms with Gasteiger partial charge in [-0.15, -0.1) is 0 Å². The highest BCUT2D eigenvalue weighted by Gasteiger charge is 2.43. The van der Waals surface area contributed by atoms with Crippen LogP contribution in [0.2, 0.25) is 0 Å². The Morgan fingerprint density at radius 1 is 1.23 bits per heavy atom. The molecule has 1 aromatic heterocycles. The molecule has 2 heterocycles. The lowest BCUT2D eigenvalue weighted by Gasteiger charge is -2.42. The Hall–Kier alpha value is -3.21. The van der Waals surface area contributed by atoms with Crippen molar-refractivity contribution in [3.63, 3.8) is 0 Å². The van der Waals surface area contributed by atoms with Gasteiger partial charge in [0.2, 0.25) is 5.91 Å². The maximum atomic E-state index is 14.9. The lowest BCUT2D eigenvalue weighted by atomic mass is 9.82. The zero-order valence-corrected chi connectivity index (χ0v) is 22.4. The van der Waals surface area contributed by atoms with Crippen molar-refractivity contribution in [2.75, 3.05) is 40.0 Å². The van der Waals surface area contributed by atoms with Crippen molar-refractivity contribution in [3.05, 3.63) is 77.8 Å². The molecular weight excluding hydrogens is 509 g/mol. The minimum Gasteiger partial charge on any atom is -0.387 e. The van der Waals surface area contributed by atoms with E-state index < -0.39 is 47.7 Å². The molecule has 210 valence electrons. The van der Waals surface area contributed by atoms with Crippen LogP contribution in [0.25, 0.3) is 11.3 Å². The van der Waals surface area contributed by atoms with Gasteiger partial charge < -0.3 is 24.6 Å². The van der Waals surface area contributed by atoms with Gasteiger partial charge >= 0.3 is 0 Å². The number of alkyl halides is 1. The number of benzene rings is 2. The predicted molar refractivity (Wildman–Crippen MR) is 142 cm³/mol. The lowest BCUT2D eigenvalue weighted by molar-refractivity contribution is -0.142. The van der Waals surface area contributed by atoms with Crippen molar-refractivity contribution < 1.29 is 27.8 Å². The van der Waals surface area contributed by atoms with Crippen molar-refractivity contribution >= 4 is 5.91 Å². The standard InChI is InChI=1S/C29H35F3N4O3/c1-29(2,18-39-3)27(36(26(38)17-37)15-20-12-33-13-24(20)32)28-34-25(22-11-21(30)9-10-23(22)31)16-35(28)14-19-7-5-4-6-8-19/h4-11,16,20,24,27,33,37H,12-15,17-18H2,1-3H3. The van der Waals surface area contributed by atoms with Crippen molar-refractivity contribution in [1.82, 2.24) is 19.8 Å². The Bertz CT molecular complexity index is 1270. The molecule has 4 rings (SSSR count). The molecule has 0 aliphatic carbocycles. The van der Waals surface area contributed by atoms with Crippen LogP contribution < -0.4 is 5.32 Å². The first-order valence-corrected chi connectivity index (χ1v) is 12.9. The molecule has 1 saturated heterocycles. The number of imidazole rings is 1. The van der Waals surface area contributed by atoms with E-state index in [1.165, 1.54) is 4.90 Å². The number of carbonyl (C=O) groups excluding carboxylic acids is 1. The highest BCUT2D eigenvalue weighted by atomic mass is 19.1. The second kappa shape index (κ2) is 12.3. The number of aliphatic hydroxyl groups is 1. The normalized spacial score (nSPS) is 18.3. The average Bonchev–Trinajstić information content (AvgIpc) is 3.50. The Morgan fingerprint density at radius 2 is 1.97 bits per heavy atom. The van der Waals surface area contributed by atoms with E-state index in [4.69, 9.17) is 9.72 Å². The number of amides is 1. The van der Waals surface area contributed by atoms with Crippen LogP contribution in [0, 0.1) is 23.0 Å². The second-order valence-electron chi connectivity index (χ2n) is 10.7. The topological polar surface area (TPSA) is 79.6 Å². The molecule has 10 heteroatoms.